The van der Waals surface area contributed by atoms with Crippen LogP contribution in [0.15, 0.2) is 11.6 Å². The van der Waals surface area contributed by atoms with E-state index in [1.54, 1.807) is 0 Å². The largest absolute Gasteiger partial charge is 0.392 e. The van der Waals surface area contributed by atoms with Crippen LogP contribution in [0, 0.1) is 11.8 Å². The van der Waals surface area contributed by atoms with Gasteiger partial charge in [0.25, 0.3) is 0 Å². The first-order chi connectivity index (χ1) is 7.22. The van der Waals surface area contributed by atoms with E-state index in [0.717, 1.165) is 18.3 Å². The highest BCUT2D eigenvalue weighted by molar-refractivity contribution is 5.06. The van der Waals surface area contributed by atoms with Crippen molar-refractivity contribution >= 4 is 0 Å². The first-order valence-electron chi connectivity index (χ1n) is 6.51. The molecule has 1 atom stereocenters. The number of aliphatic hydroxyl groups is 1. The zero-order valence-corrected chi connectivity index (χ0v) is 10.3. The van der Waals surface area contributed by atoms with Crippen LogP contribution in [0.4, 0.5) is 0 Å². The number of hydrogen-bond donors (Lipinski definition) is 1. The molecule has 1 nitrogen and oxygen atoms in total. The van der Waals surface area contributed by atoms with Gasteiger partial charge in [-0.3, -0.25) is 0 Å². The number of rotatable bonds is 6. The van der Waals surface area contributed by atoms with E-state index in [2.05, 4.69) is 19.9 Å². The van der Waals surface area contributed by atoms with Gasteiger partial charge in [0.2, 0.25) is 0 Å². The lowest BCUT2D eigenvalue weighted by molar-refractivity contribution is 0.312. The Labute approximate surface area is 94.6 Å². The first-order valence-corrected chi connectivity index (χ1v) is 6.51. The predicted molar refractivity (Wildman–Crippen MR) is 65.8 cm³/mol. The van der Waals surface area contributed by atoms with Crippen LogP contribution < -0.4 is 0 Å². The maximum absolute atomic E-state index is 8.98. The predicted octanol–water partition coefficient (Wildman–Crippen LogP) is 3.92. The molecule has 0 spiro atoms. The minimum absolute atomic E-state index is 0.278. The van der Waals surface area contributed by atoms with Crippen LogP contribution in [-0.2, 0) is 0 Å². The molecule has 0 aromatic rings. The van der Waals surface area contributed by atoms with Crippen molar-refractivity contribution in [2.24, 2.45) is 11.8 Å². The fourth-order valence-corrected chi connectivity index (χ4v) is 2.33. The van der Waals surface area contributed by atoms with Crippen LogP contribution in [0.1, 0.15) is 58.8 Å². The van der Waals surface area contributed by atoms with E-state index in [0.29, 0.717) is 0 Å². The average molecular weight is 210 g/mol. The maximum atomic E-state index is 8.98. The fourth-order valence-electron chi connectivity index (χ4n) is 2.33. The van der Waals surface area contributed by atoms with Gasteiger partial charge in [0.05, 0.1) is 6.61 Å². The molecule has 1 heteroatoms. The Hall–Kier alpha value is -0.300. The van der Waals surface area contributed by atoms with Crippen LogP contribution >= 0.6 is 0 Å². The lowest BCUT2D eigenvalue weighted by atomic mass is 9.86. The molecule has 1 aliphatic rings. The molecule has 1 N–H and O–H groups in total. The van der Waals surface area contributed by atoms with E-state index in [9.17, 15) is 0 Å². The highest BCUT2D eigenvalue weighted by Crippen LogP contribution is 2.27. The maximum Gasteiger partial charge on any atom is 0.0641 e. The number of allylic oxidation sites excluding steroid dienone is 1. The molecular weight excluding hydrogens is 184 g/mol. The van der Waals surface area contributed by atoms with Crippen molar-refractivity contribution < 1.29 is 5.11 Å². The average Bonchev–Trinajstić information content (AvgIpc) is 2.25. The van der Waals surface area contributed by atoms with Crippen LogP contribution in [-0.4, -0.2) is 11.7 Å². The third kappa shape index (κ3) is 5.36. The summed E-state index contributed by atoms with van der Waals surface area (Å²) in [4.78, 5) is 0. The highest BCUT2D eigenvalue weighted by atomic mass is 16.3. The molecule has 0 saturated heterocycles. The van der Waals surface area contributed by atoms with Crippen molar-refractivity contribution in [2.45, 2.75) is 58.8 Å². The summed E-state index contributed by atoms with van der Waals surface area (Å²) in [6.45, 7) is 4.88. The van der Waals surface area contributed by atoms with E-state index in [-0.39, 0.29) is 6.61 Å². The smallest absolute Gasteiger partial charge is 0.0641 e. The number of unbranched alkanes of at least 4 members (excludes halogenated alkanes) is 1. The fraction of sp³-hybridized carbons (Fsp3) is 0.857. The van der Waals surface area contributed by atoms with Gasteiger partial charge in [-0.2, -0.15) is 0 Å². The summed E-state index contributed by atoms with van der Waals surface area (Å²) >= 11 is 0. The van der Waals surface area contributed by atoms with E-state index in [1.165, 1.54) is 44.1 Å². The van der Waals surface area contributed by atoms with E-state index in [1.807, 2.05) is 0 Å². The molecule has 0 aromatic heterocycles. The third-order valence-electron chi connectivity index (χ3n) is 3.46. The van der Waals surface area contributed by atoms with Gasteiger partial charge >= 0.3 is 0 Å². The summed E-state index contributed by atoms with van der Waals surface area (Å²) < 4.78 is 0. The molecule has 0 amide bonds. The quantitative estimate of drug-likeness (QED) is 0.520. The molecule has 0 fully saturated rings. The molecule has 0 bridgehead atoms. The molecule has 1 aliphatic carbocycles. The Morgan fingerprint density at radius 2 is 2.20 bits per heavy atom. The standard InChI is InChI=1S/C14H26O/c1-12(2)5-3-4-6-13-7-9-14(11-15)10-8-13/h9,12-13,15H,3-8,10-11H2,1-2H3. The lowest BCUT2D eigenvalue weighted by Crippen LogP contribution is -2.07. The normalized spacial score (nSPS) is 21.9. The van der Waals surface area contributed by atoms with E-state index in [4.69, 9.17) is 5.11 Å². The molecule has 0 radical (unpaired) electrons. The Morgan fingerprint density at radius 1 is 1.40 bits per heavy atom. The summed E-state index contributed by atoms with van der Waals surface area (Å²) in [5.74, 6) is 1.75. The molecule has 0 aliphatic heterocycles. The lowest BCUT2D eigenvalue weighted by Gasteiger charge is -2.21. The van der Waals surface area contributed by atoms with Gasteiger partial charge in [0.1, 0.15) is 0 Å². The molecular formula is C14H26O. The van der Waals surface area contributed by atoms with Gasteiger partial charge in [0.15, 0.2) is 0 Å². The minimum Gasteiger partial charge on any atom is -0.392 e. The molecule has 0 heterocycles. The van der Waals surface area contributed by atoms with E-state index < -0.39 is 0 Å². The minimum atomic E-state index is 0.278. The van der Waals surface area contributed by atoms with Gasteiger partial charge in [-0.05, 0) is 36.7 Å². The topological polar surface area (TPSA) is 20.2 Å². The molecule has 15 heavy (non-hydrogen) atoms. The second-order valence-electron chi connectivity index (χ2n) is 5.34. The molecule has 1 unspecified atom stereocenters. The third-order valence-corrected chi connectivity index (χ3v) is 3.46. The summed E-state index contributed by atoms with van der Waals surface area (Å²) in [5.41, 5.74) is 1.26. The Kier molecular flexibility index (Phi) is 6.00. The van der Waals surface area contributed by atoms with Crippen molar-refractivity contribution in [1.29, 1.82) is 0 Å². The Morgan fingerprint density at radius 3 is 2.73 bits per heavy atom. The summed E-state index contributed by atoms with van der Waals surface area (Å²) in [5, 5.41) is 8.98. The van der Waals surface area contributed by atoms with Crippen LogP contribution in [0.3, 0.4) is 0 Å². The molecule has 0 saturated carbocycles. The number of aliphatic hydroxyl groups excluding tert-OH is 1. The van der Waals surface area contributed by atoms with Crippen molar-refractivity contribution in [3.63, 3.8) is 0 Å². The zero-order valence-electron chi connectivity index (χ0n) is 10.3. The van der Waals surface area contributed by atoms with E-state index >= 15 is 0 Å². The molecule has 88 valence electrons. The summed E-state index contributed by atoms with van der Waals surface area (Å²) in [6.07, 6.45) is 11.5. The van der Waals surface area contributed by atoms with Crippen molar-refractivity contribution in [3.05, 3.63) is 11.6 Å². The summed E-state index contributed by atoms with van der Waals surface area (Å²) in [7, 11) is 0. The second-order valence-corrected chi connectivity index (χ2v) is 5.34. The van der Waals surface area contributed by atoms with Gasteiger partial charge in [-0.1, -0.05) is 45.6 Å². The Balaban J connectivity index is 2.06. The van der Waals surface area contributed by atoms with Crippen molar-refractivity contribution in [3.8, 4) is 0 Å². The number of hydrogen-bond acceptors (Lipinski definition) is 1. The highest BCUT2D eigenvalue weighted by Gasteiger charge is 2.13. The van der Waals surface area contributed by atoms with Crippen molar-refractivity contribution in [2.75, 3.05) is 6.61 Å². The Bertz CT molecular complexity index is 194. The second kappa shape index (κ2) is 7.05. The van der Waals surface area contributed by atoms with Crippen LogP contribution in [0.25, 0.3) is 0 Å². The monoisotopic (exact) mass is 210 g/mol. The van der Waals surface area contributed by atoms with Gasteiger partial charge in [0, 0.05) is 0 Å². The van der Waals surface area contributed by atoms with Crippen LogP contribution in [0.2, 0.25) is 0 Å². The van der Waals surface area contributed by atoms with Gasteiger partial charge < -0.3 is 5.11 Å². The first kappa shape index (κ1) is 12.8. The van der Waals surface area contributed by atoms with Crippen LogP contribution in [0.5, 0.6) is 0 Å². The molecule has 0 aromatic carbocycles. The van der Waals surface area contributed by atoms with Gasteiger partial charge in [-0.25, -0.2) is 0 Å². The zero-order chi connectivity index (χ0) is 11.1. The van der Waals surface area contributed by atoms with Gasteiger partial charge in [-0.15, -0.1) is 0 Å². The molecule has 1 rings (SSSR count). The summed E-state index contributed by atoms with van der Waals surface area (Å²) in [6, 6.07) is 0. The SMILES string of the molecule is CC(C)CCCCC1CC=C(CO)CC1. The van der Waals surface area contributed by atoms with Crippen molar-refractivity contribution in [1.82, 2.24) is 0 Å².